The summed E-state index contributed by atoms with van der Waals surface area (Å²) in [7, 11) is 0. The van der Waals surface area contributed by atoms with Crippen molar-refractivity contribution in [3.8, 4) is 0 Å². The lowest BCUT2D eigenvalue weighted by atomic mass is 10.1. The predicted octanol–water partition coefficient (Wildman–Crippen LogP) is 2.83. The summed E-state index contributed by atoms with van der Waals surface area (Å²) in [6, 6.07) is 6.66. The molecule has 0 radical (unpaired) electrons. The van der Waals surface area contributed by atoms with E-state index in [-0.39, 0.29) is 29.8 Å². The van der Waals surface area contributed by atoms with E-state index in [9.17, 15) is 22.4 Å². The number of carbonyl (C=O) groups excluding carboxylic acids is 1. The molecule has 27 heavy (non-hydrogen) atoms. The predicted molar refractivity (Wildman–Crippen MR) is 90.7 cm³/mol. The highest BCUT2D eigenvalue weighted by Crippen LogP contribution is 2.29. The Morgan fingerprint density at radius 3 is 2.30 bits per heavy atom. The molecular formula is C18H18F4N4O. The summed E-state index contributed by atoms with van der Waals surface area (Å²) in [5, 5.41) is 0. The van der Waals surface area contributed by atoms with Gasteiger partial charge in [0.15, 0.2) is 0 Å². The molecule has 0 spiro atoms. The molecule has 3 rings (SSSR count). The first-order valence-corrected chi connectivity index (χ1v) is 8.42. The smallest absolute Gasteiger partial charge is 0.353 e. The molecular weight excluding hydrogens is 364 g/mol. The summed E-state index contributed by atoms with van der Waals surface area (Å²) < 4.78 is 51.7. The Balaban J connectivity index is 1.62. The number of aromatic nitrogens is 2. The fraction of sp³-hybridized carbons (Fsp3) is 0.389. The molecule has 0 unspecified atom stereocenters. The number of amides is 1. The van der Waals surface area contributed by atoms with Crippen LogP contribution < -0.4 is 4.90 Å². The van der Waals surface area contributed by atoms with Crippen molar-refractivity contribution in [1.29, 1.82) is 0 Å². The van der Waals surface area contributed by atoms with E-state index in [4.69, 9.17) is 0 Å². The van der Waals surface area contributed by atoms with Crippen molar-refractivity contribution < 1.29 is 22.4 Å². The Labute approximate surface area is 153 Å². The second-order valence-corrected chi connectivity index (χ2v) is 6.33. The number of halogens is 4. The van der Waals surface area contributed by atoms with Gasteiger partial charge in [-0.2, -0.15) is 13.2 Å². The van der Waals surface area contributed by atoms with Crippen molar-refractivity contribution in [2.75, 3.05) is 31.1 Å². The minimum atomic E-state index is -4.53. The van der Waals surface area contributed by atoms with Crippen LogP contribution in [-0.2, 0) is 17.4 Å². The number of hydrogen-bond acceptors (Lipinski definition) is 4. The molecule has 1 aliphatic heterocycles. The van der Waals surface area contributed by atoms with Gasteiger partial charge in [0.1, 0.15) is 23.2 Å². The Bertz CT molecular complexity index is 815. The van der Waals surface area contributed by atoms with Crippen LogP contribution in [0.1, 0.15) is 17.1 Å². The van der Waals surface area contributed by atoms with Gasteiger partial charge in [0.2, 0.25) is 5.91 Å². The van der Waals surface area contributed by atoms with Crippen LogP contribution in [0.5, 0.6) is 0 Å². The van der Waals surface area contributed by atoms with E-state index in [0.717, 1.165) is 6.07 Å². The maximum Gasteiger partial charge on any atom is 0.433 e. The summed E-state index contributed by atoms with van der Waals surface area (Å²) in [5.74, 6) is -0.204. The number of alkyl halides is 3. The molecule has 1 aliphatic rings. The second-order valence-electron chi connectivity index (χ2n) is 6.33. The van der Waals surface area contributed by atoms with Crippen molar-refractivity contribution in [3.63, 3.8) is 0 Å². The fourth-order valence-corrected chi connectivity index (χ4v) is 2.93. The highest BCUT2D eigenvalue weighted by molar-refractivity contribution is 5.79. The third-order valence-electron chi connectivity index (χ3n) is 4.34. The summed E-state index contributed by atoms with van der Waals surface area (Å²) in [4.78, 5) is 23.3. The van der Waals surface area contributed by atoms with Gasteiger partial charge in [-0.3, -0.25) is 4.79 Å². The molecule has 2 heterocycles. The lowest BCUT2D eigenvalue weighted by Crippen LogP contribution is -2.49. The van der Waals surface area contributed by atoms with E-state index >= 15 is 0 Å². The van der Waals surface area contributed by atoms with Gasteiger partial charge in [-0.25, -0.2) is 14.4 Å². The minimum absolute atomic E-state index is 0.0506. The highest BCUT2D eigenvalue weighted by atomic mass is 19.4. The van der Waals surface area contributed by atoms with Gasteiger partial charge in [0.25, 0.3) is 0 Å². The van der Waals surface area contributed by atoms with Crippen LogP contribution >= 0.6 is 0 Å². The Kier molecular flexibility index (Phi) is 5.29. The van der Waals surface area contributed by atoms with Gasteiger partial charge in [0.05, 0.1) is 6.42 Å². The molecule has 0 atom stereocenters. The third-order valence-corrected chi connectivity index (χ3v) is 4.34. The van der Waals surface area contributed by atoms with Crippen LogP contribution in [0.25, 0.3) is 0 Å². The van der Waals surface area contributed by atoms with Crippen LogP contribution in [0.15, 0.2) is 30.3 Å². The molecule has 9 heteroatoms. The summed E-state index contributed by atoms with van der Waals surface area (Å²) in [5.41, 5.74) is -0.259. The first-order chi connectivity index (χ1) is 12.7. The monoisotopic (exact) mass is 382 g/mol. The van der Waals surface area contributed by atoms with E-state index in [1.807, 2.05) is 0 Å². The summed E-state index contributed by atoms with van der Waals surface area (Å²) in [6.07, 6.45) is -4.37. The van der Waals surface area contributed by atoms with Crippen LogP contribution in [0.2, 0.25) is 0 Å². The number of hydrogen-bond donors (Lipinski definition) is 0. The molecule has 1 saturated heterocycles. The first kappa shape index (κ1) is 19.1. The zero-order chi connectivity index (χ0) is 19.6. The lowest BCUT2D eigenvalue weighted by molar-refractivity contribution is -0.141. The number of carbonyl (C=O) groups is 1. The molecule has 1 aromatic carbocycles. The zero-order valence-corrected chi connectivity index (χ0v) is 14.6. The summed E-state index contributed by atoms with van der Waals surface area (Å²) >= 11 is 0. The molecule has 0 N–H and O–H groups in total. The molecule has 0 bridgehead atoms. The fourth-order valence-electron chi connectivity index (χ4n) is 2.93. The van der Waals surface area contributed by atoms with Crippen molar-refractivity contribution in [3.05, 3.63) is 53.2 Å². The Morgan fingerprint density at radius 2 is 1.70 bits per heavy atom. The largest absolute Gasteiger partial charge is 0.433 e. The van der Waals surface area contributed by atoms with E-state index in [1.54, 1.807) is 21.9 Å². The molecule has 0 saturated carbocycles. The van der Waals surface area contributed by atoms with E-state index < -0.39 is 11.9 Å². The lowest BCUT2D eigenvalue weighted by Gasteiger charge is -2.35. The van der Waals surface area contributed by atoms with Crippen molar-refractivity contribution in [1.82, 2.24) is 14.9 Å². The van der Waals surface area contributed by atoms with Crippen LogP contribution in [0, 0.1) is 12.7 Å². The van der Waals surface area contributed by atoms with Crippen LogP contribution in [0.3, 0.4) is 0 Å². The normalized spacial score (nSPS) is 15.1. The molecule has 1 amide bonds. The van der Waals surface area contributed by atoms with Gasteiger partial charge in [-0.15, -0.1) is 0 Å². The standard InChI is InChI=1S/C18H18F4N4O/c1-12-23-15(18(20,21)22)11-16(24-12)25-6-8-26(9-7-25)17(27)10-13-2-4-14(19)5-3-13/h2-5,11H,6-10H2,1H3. The number of benzene rings is 1. The maximum atomic E-state index is 12.9. The minimum Gasteiger partial charge on any atom is -0.353 e. The van der Waals surface area contributed by atoms with Crippen molar-refractivity contribution in [2.45, 2.75) is 19.5 Å². The highest BCUT2D eigenvalue weighted by Gasteiger charge is 2.34. The van der Waals surface area contributed by atoms with Gasteiger partial charge < -0.3 is 9.80 Å². The van der Waals surface area contributed by atoms with E-state index in [1.165, 1.54) is 19.1 Å². The maximum absolute atomic E-state index is 12.9. The summed E-state index contributed by atoms with van der Waals surface area (Å²) in [6.45, 7) is 2.93. The molecule has 144 valence electrons. The molecule has 2 aromatic rings. The molecule has 0 aliphatic carbocycles. The average Bonchev–Trinajstić information content (AvgIpc) is 2.62. The van der Waals surface area contributed by atoms with Gasteiger partial charge in [-0.05, 0) is 24.6 Å². The quantitative estimate of drug-likeness (QED) is 0.766. The number of anilines is 1. The van der Waals surface area contributed by atoms with E-state index in [2.05, 4.69) is 9.97 Å². The number of rotatable bonds is 3. The number of aryl methyl sites for hydroxylation is 1. The molecule has 1 aromatic heterocycles. The molecule has 5 nitrogen and oxygen atoms in total. The SMILES string of the molecule is Cc1nc(N2CCN(C(=O)Cc3ccc(F)cc3)CC2)cc(C(F)(F)F)n1. The van der Waals surface area contributed by atoms with Gasteiger partial charge in [0, 0.05) is 32.2 Å². The van der Waals surface area contributed by atoms with Gasteiger partial charge >= 0.3 is 6.18 Å². The topological polar surface area (TPSA) is 49.3 Å². The molecule has 1 fully saturated rings. The Morgan fingerprint density at radius 1 is 1.07 bits per heavy atom. The third kappa shape index (κ3) is 4.72. The second kappa shape index (κ2) is 7.50. The van der Waals surface area contributed by atoms with Crippen molar-refractivity contribution >= 4 is 11.7 Å². The average molecular weight is 382 g/mol. The zero-order valence-electron chi connectivity index (χ0n) is 14.6. The van der Waals surface area contributed by atoms with Crippen LogP contribution in [0.4, 0.5) is 23.4 Å². The Hall–Kier alpha value is -2.71. The number of nitrogens with zero attached hydrogens (tertiary/aromatic N) is 4. The number of piperazine rings is 1. The van der Waals surface area contributed by atoms with E-state index in [0.29, 0.717) is 31.7 Å². The van der Waals surface area contributed by atoms with Crippen molar-refractivity contribution in [2.24, 2.45) is 0 Å². The van der Waals surface area contributed by atoms with Crippen LogP contribution in [-0.4, -0.2) is 47.0 Å². The van der Waals surface area contributed by atoms with Gasteiger partial charge in [-0.1, -0.05) is 12.1 Å². The first-order valence-electron chi connectivity index (χ1n) is 8.42.